The van der Waals surface area contributed by atoms with Gasteiger partial charge in [0, 0.05) is 6.07 Å². The van der Waals surface area contributed by atoms with Gasteiger partial charge in [-0.15, -0.1) is 0 Å². The molecular formula is C26H18O6. The second kappa shape index (κ2) is 9.49. The van der Waals surface area contributed by atoms with E-state index < -0.39 is 11.9 Å². The third-order valence-corrected chi connectivity index (χ3v) is 4.43. The molecule has 4 aromatic rings. The van der Waals surface area contributed by atoms with E-state index in [0.717, 1.165) is 0 Å². The summed E-state index contributed by atoms with van der Waals surface area (Å²) < 4.78 is 16.8. The molecule has 0 amide bonds. The van der Waals surface area contributed by atoms with Crippen molar-refractivity contribution in [1.82, 2.24) is 0 Å². The Balaban J connectivity index is 1.51. The van der Waals surface area contributed by atoms with E-state index in [9.17, 15) is 14.7 Å². The van der Waals surface area contributed by atoms with E-state index in [1.54, 1.807) is 36.4 Å². The highest BCUT2D eigenvalue weighted by Gasteiger charge is 2.17. The highest BCUT2D eigenvalue weighted by molar-refractivity contribution is 5.95. The second-order valence-electron chi connectivity index (χ2n) is 6.71. The molecule has 0 saturated carbocycles. The fraction of sp³-hybridized carbons (Fsp3) is 0. The van der Waals surface area contributed by atoms with Crippen LogP contribution in [0.2, 0.25) is 0 Å². The Bertz CT molecular complexity index is 1220. The molecule has 0 saturated heterocycles. The van der Waals surface area contributed by atoms with Gasteiger partial charge < -0.3 is 19.3 Å². The molecule has 0 spiro atoms. The summed E-state index contributed by atoms with van der Waals surface area (Å²) in [5.74, 6) is 0.112. The molecule has 6 heteroatoms. The molecule has 0 heterocycles. The molecule has 0 radical (unpaired) electrons. The van der Waals surface area contributed by atoms with Crippen LogP contribution in [0.1, 0.15) is 20.7 Å². The summed E-state index contributed by atoms with van der Waals surface area (Å²) in [5.41, 5.74) is 0.0962. The molecule has 0 bridgehead atoms. The van der Waals surface area contributed by atoms with E-state index in [-0.39, 0.29) is 16.9 Å². The van der Waals surface area contributed by atoms with Gasteiger partial charge >= 0.3 is 11.9 Å². The summed E-state index contributed by atoms with van der Waals surface area (Å²) in [7, 11) is 0. The van der Waals surface area contributed by atoms with Crippen LogP contribution in [0.3, 0.4) is 0 Å². The van der Waals surface area contributed by atoms with Crippen molar-refractivity contribution in [1.29, 1.82) is 0 Å². The van der Waals surface area contributed by atoms with Crippen molar-refractivity contribution >= 4 is 11.9 Å². The molecule has 158 valence electrons. The Morgan fingerprint density at radius 3 is 1.66 bits per heavy atom. The number of carbonyl (C=O) groups is 2. The lowest BCUT2D eigenvalue weighted by atomic mass is 10.2. The van der Waals surface area contributed by atoms with Crippen LogP contribution in [0.25, 0.3) is 0 Å². The molecule has 0 atom stereocenters. The largest absolute Gasteiger partial charge is 0.478 e. The van der Waals surface area contributed by atoms with Gasteiger partial charge in [0.05, 0.1) is 5.56 Å². The smallest absolute Gasteiger partial charge is 0.343 e. The monoisotopic (exact) mass is 426 g/mol. The van der Waals surface area contributed by atoms with Crippen LogP contribution < -0.4 is 14.2 Å². The van der Waals surface area contributed by atoms with Gasteiger partial charge in [0.15, 0.2) is 0 Å². The number of aromatic carboxylic acids is 1. The summed E-state index contributed by atoms with van der Waals surface area (Å²) in [6.45, 7) is 0. The number of esters is 1. The Morgan fingerprint density at radius 1 is 0.594 bits per heavy atom. The Hall–Kier alpha value is -4.58. The van der Waals surface area contributed by atoms with Crippen LogP contribution in [0, 0.1) is 0 Å². The first-order valence-electron chi connectivity index (χ1n) is 9.74. The van der Waals surface area contributed by atoms with Crippen molar-refractivity contribution in [2.24, 2.45) is 0 Å². The highest BCUT2D eigenvalue weighted by atomic mass is 16.5. The predicted molar refractivity (Wildman–Crippen MR) is 118 cm³/mol. The van der Waals surface area contributed by atoms with Gasteiger partial charge in [-0.25, -0.2) is 9.59 Å². The molecule has 6 nitrogen and oxygen atoms in total. The number of rotatable bonds is 7. The minimum atomic E-state index is -1.22. The fourth-order valence-corrected chi connectivity index (χ4v) is 2.89. The molecule has 0 fully saturated rings. The van der Waals surface area contributed by atoms with E-state index in [2.05, 4.69) is 0 Å². The minimum Gasteiger partial charge on any atom is -0.478 e. The summed E-state index contributed by atoms with van der Waals surface area (Å²) in [5, 5.41) is 9.46. The van der Waals surface area contributed by atoms with Gasteiger partial charge in [-0.2, -0.15) is 0 Å². The van der Waals surface area contributed by atoms with Crippen molar-refractivity contribution in [3.05, 3.63) is 114 Å². The van der Waals surface area contributed by atoms with Crippen molar-refractivity contribution in [3.8, 4) is 28.7 Å². The van der Waals surface area contributed by atoms with Gasteiger partial charge in [-0.05, 0) is 60.7 Å². The zero-order valence-corrected chi connectivity index (χ0v) is 16.8. The summed E-state index contributed by atoms with van der Waals surface area (Å²) in [6, 6.07) is 28.8. The Labute approximate surface area is 184 Å². The highest BCUT2D eigenvalue weighted by Crippen LogP contribution is 2.29. The van der Waals surface area contributed by atoms with Crippen LogP contribution in [0.5, 0.6) is 28.7 Å². The van der Waals surface area contributed by atoms with Crippen molar-refractivity contribution in [2.75, 3.05) is 0 Å². The maximum atomic E-state index is 12.6. The molecule has 0 unspecified atom stereocenters. The van der Waals surface area contributed by atoms with Gasteiger partial charge in [0.1, 0.15) is 34.3 Å². The van der Waals surface area contributed by atoms with Crippen LogP contribution in [0.15, 0.2) is 103 Å². The van der Waals surface area contributed by atoms with Gasteiger partial charge in [0.25, 0.3) is 0 Å². The number of para-hydroxylation sites is 2. The van der Waals surface area contributed by atoms with E-state index in [1.807, 2.05) is 48.5 Å². The van der Waals surface area contributed by atoms with E-state index in [0.29, 0.717) is 23.0 Å². The Kier molecular flexibility index (Phi) is 6.13. The van der Waals surface area contributed by atoms with Crippen LogP contribution in [-0.2, 0) is 0 Å². The molecule has 0 aliphatic heterocycles. The lowest BCUT2D eigenvalue weighted by molar-refractivity contribution is 0.0681. The van der Waals surface area contributed by atoms with Crippen molar-refractivity contribution in [2.45, 2.75) is 0 Å². The van der Waals surface area contributed by atoms with Crippen LogP contribution >= 0.6 is 0 Å². The molecule has 4 aromatic carbocycles. The number of hydrogen-bond donors (Lipinski definition) is 1. The van der Waals surface area contributed by atoms with Crippen molar-refractivity contribution in [3.63, 3.8) is 0 Å². The maximum Gasteiger partial charge on any atom is 0.343 e. The van der Waals surface area contributed by atoms with E-state index in [1.165, 1.54) is 18.2 Å². The summed E-state index contributed by atoms with van der Waals surface area (Å²) in [4.78, 5) is 24.2. The first-order chi connectivity index (χ1) is 15.6. The number of ether oxygens (including phenoxy) is 3. The van der Waals surface area contributed by atoms with Crippen LogP contribution in [-0.4, -0.2) is 17.0 Å². The fourth-order valence-electron chi connectivity index (χ4n) is 2.89. The Morgan fingerprint density at radius 2 is 1.09 bits per heavy atom. The topological polar surface area (TPSA) is 82.1 Å². The number of carboxylic acid groups (broad SMARTS) is 1. The predicted octanol–water partition coefficient (Wildman–Crippen LogP) is 6.19. The molecule has 0 aliphatic rings. The quantitative estimate of drug-likeness (QED) is 0.280. The zero-order chi connectivity index (χ0) is 22.3. The van der Waals surface area contributed by atoms with Crippen molar-refractivity contribution < 1.29 is 28.9 Å². The molecule has 32 heavy (non-hydrogen) atoms. The first kappa shape index (κ1) is 20.7. The summed E-state index contributed by atoms with van der Waals surface area (Å²) in [6.07, 6.45) is 0. The lowest BCUT2D eigenvalue weighted by Gasteiger charge is -2.11. The maximum absolute atomic E-state index is 12.6. The molecule has 4 rings (SSSR count). The average Bonchev–Trinajstić information content (AvgIpc) is 2.81. The van der Waals surface area contributed by atoms with Gasteiger partial charge in [0.2, 0.25) is 0 Å². The number of carbonyl (C=O) groups excluding carboxylic acids is 1. The molecule has 0 aliphatic carbocycles. The standard InChI is InChI=1S/C26H18O6/c27-25(28)23-16-15-22(31-20-9-5-2-6-10-20)17-24(23)32-26(29)18-11-13-21(14-12-18)30-19-7-3-1-4-8-19/h1-17H,(H,27,28). The SMILES string of the molecule is O=C(Oc1cc(Oc2ccccc2)ccc1C(=O)O)c1ccc(Oc2ccccc2)cc1. The summed E-state index contributed by atoms with van der Waals surface area (Å²) >= 11 is 0. The third kappa shape index (κ3) is 5.12. The lowest BCUT2D eigenvalue weighted by Crippen LogP contribution is -2.11. The second-order valence-corrected chi connectivity index (χ2v) is 6.71. The number of hydrogen-bond acceptors (Lipinski definition) is 5. The normalized spacial score (nSPS) is 10.2. The molecular weight excluding hydrogens is 408 g/mol. The molecule has 0 aromatic heterocycles. The number of carboxylic acids is 1. The van der Waals surface area contributed by atoms with Crippen LogP contribution in [0.4, 0.5) is 0 Å². The van der Waals surface area contributed by atoms with E-state index in [4.69, 9.17) is 14.2 Å². The zero-order valence-electron chi connectivity index (χ0n) is 16.8. The molecule has 1 N–H and O–H groups in total. The van der Waals surface area contributed by atoms with Gasteiger partial charge in [-0.3, -0.25) is 0 Å². The number of benzene rings is 4. The third-order valence-electron chi connectivity index (χ3n) is 4.43. The van der Waals surface area contributed by atoms with E-state index >= 15 is 0 Å². The average molecular weight is 426 g/mol. The first-order valence-corrected chi connectivity index (χ1v) is 9.74. The minimum absolute atomic E-state index is 0.111. The van der Waals surface area contributed by atoms with Gasteiger partial charge in [-0.1, -0.05) is 36.4 Å².